The molecule has 0 unspecified atom stereocenters. The molecule has 0 radical (unpaired) electrons. The van der Waals surface area contributed by atoms with Gasteiger partial charge in [0.15, 0.2) is 21.3 Å². The van der Waals surface area contributed by atoms with E-state index in [0.717, 1.165) is 6.26 Å². The lowest BCUT2D eigenvalue weighted by atomic mass is 10.2. The van der Waals surface area contributed by atoms with Crippen molar-refractivity contribution in [3.63, 3.8) is 0 Å². The largest absolute Gasteiger partial charge is 0.504 e. The SMILES string of the molecule is COc1ccc(NC(=O)c2ccc(S(C)(=O)=O)cc2)cc1O. The smallest absolute Gasteiger partial charge is 0.255 e. The molecule has 0 saturated heterocycles. The lowest BCUT2D eigenvalue weighted by molar-refractivity contribution is 0.102. The van der Waals surface area contributed by atoms with Crippen LogP contribution in [-0.2, 0) is 9.84 Å². The maximum atomic E-state index is 12.1. The third-order valence-electron chi connectivity index (χ3n) is 2.98. The summed E-state index contributed by atoms with van der Waals surface area (Å²) in [6.45, 7) is 0. The third-order valence-corrected chi connectivity index (χ3v) is 4.11. The molecule has 2 N–H and O–H groups in total. The lowest BCUT2D eigenvalue weighted by Crippen LogP contribution is -2.12. The first-order valence-corrected chi connectivity index (χ1v) is 8.19. The number of amides is 1. The standard InChI is InChI=1S/C15H15NO5S/c1-21-14-8-5-11(9-13(14)17)16-15(18)10-3-6-12(7-4-10)22(2,19)20/h3-9,17H,1-2H3,(H,16,18). The fourth-order valence-electron chi connectivity index (χ4n) is 1.82. The normalized spacial score (nSPS) is 11.0. The van der Waals surface area contributed by atoms with Crippen LogP contribution in [0.1, 0.15) is 10.4 Å². The predicted octanol–water partition coefficient (Wildman–Crippen LogP) is 2.06. The van der Waals surface area contributed by atoms with Crippen LogP contribution in [0.15, 0.2) is 47.4 Å². The fraction of sp³-hybridized carbons (Fsp3) is 0.133. The Morgan fingerprint density at radius 2 is 1.77 bits per heavy atom. The molecule has 2 aromatic carbocycles. The molecule has 0 fully saturated rings. The van der Waals surface area contributed by atoms with Crippen LogP contribution < -0.4 is 10.1 Å². The number of phenols is 1. The average molecular weight is 321 g/mol. The zero-order chi connectivity index (χ0) is 16.3. The first kappa shape index (κ1) is 15.8. The van der Waals surface area contributed by atoms with E-state index in [9.17, 15) is 18.3 Å². The van der Waals surface area contributed by atoms with E-state index in [-0.39, 0.29) is 10.6 Å². The number of benzene rings is 2. The van der Waals surface area contributed by atoms with Crippen LogP contribution in [0.5, 0.6) is 11.5 Å². The zero-order valence-corrected chi connectivity index (χ0v) is 12.8. The Morgan fingerprint density at radius 1 is 1.14 bits per heavy atom. The van der Waals surface area contributed by atoms with Crippen LogP contribution >= 0.6 is 0 Å². The second-order valence-electron chi connectivity index (χ2n) is 4.64. The average Bonchev–Trinajstić information content (AvgIpc) is 2.46. The number of hydrogen-bond donors (Lipinski definition) is 2. The minimum Gasteiger partial charge on any atom is -0.504 e. The number of hydrogen-bond acceptors (Lipinski definition) is 5. The molecule has 0 aliphatic rings. The summed E-state index contributed by atoms with van der Waals surface area (Å²) < 4.78 is 27.6. The first-order valence-electron chi connectivity index (χ1n) is 6.30. The highest BCUT2D eigenvalue weighted by Gasteiger charge is 2.11. The molecule has 0 aliphatic heterocycles. The summed E-state index contributed by atoms with van der Waals surface area (Å²) in [5.41, 5.74) is 0.707. The van der Waals surface area contributed by atoms with Gasteiger partial charge in [-0.2, -0.15) is 0 Å². The minimum absolute atomic E-state index is 0.0901. The van der Waals surface area contributed by atoms with E-state index in [1.54, 1.807) is 6.07 Å². The summed E-state index contributed by atoms with van der Waals surface area (Å²) in [6.07, 6.45) is 1.10. The van der Waals surface area contributed by atoms with E-state index in [2.05, 4.69) is 5.32 Å². The van der Waals surface area contributed by atoms with Crippen molar-refractivity contribution in [2.75, 3.05) is 18.7 Å². The van der Waals surface area contributed by atoms with Crippen molar-refractivity contribution >= 4 is 21.4 Å². The van der Waals surface area contributed by atoms with Crippen molar-refractivity contribution in [1.82, 2.24) is 0 Å². The van der Waals surface area contributed by atoms with Crippen molar-refractivity contribution in [1.29, 1.82) is 0 Å². The summed E-state index contributed by atoms with van der Waals surface area (Å²) in [7, 11) is -1.87. The number of sulfone groups is 1. The summed E-state index contributed by atoms with van der Waals surface area (Å²) in [6, 6.07) is 10.1. The predicted molar refractivity (Wildman–Crippen MR) is 82.2 cm³/mol. The van der Waals surface area contributed by atoms with Gasteiger partial charge in [-0.15, -0.1) is 0 Å². The molecule has 0 bridgehead atoms. The van der Waals surface area contributed by atoms with Crippen LogP contribution in [0.3, 0.4) is 0 Å². The number of carbonyl (C=O) groups excluding carboxylic acids is 1. The third kappa shape index (κ3) is 3.56. The van der Waals surface area contributed by atoms with Crippen LogP contribution in [0.2, 0.25) is 0 Å². The highest BCUT2D eigenvalue weighted by atomic mass is 32.2. The molecular formula is C15H15NO5S. The van der Waals surface area contributed by atoms with Crippen LogP contribution in [-0.4, -0.2) is 32.8 Å². The summed E-state index contributed by atoms with van der Waals surface area (Å²) in [5.74, 6) is -0.201. The molecular weight excluding hydrogens is 306 g/mol. The molecule has 116 valence electrons. The van der Waals surface area contributed by atoms with Crippen molar-refractivity contribution < 1.29 is 23.1 Å². The van der Waals surface area contributed by atoms with Crippen molar-refractivity contribution in [2.24, 2.45) is 0 Å². The Kier molecular flexibility index (Phi) is 4.37. The maximum absolute atomic E-state index is 12.1. The Bertz CT molecular complexity index is 797. The highest BCUT2D eigenvalue weighted by molar-refractivity contribution is 7.90. The molecule has 1 amide bonds. The molecule has 22 heavy (non-hydrogen) atoms. The van der Waals surface area contributed by atoms with Gasteiger partial charge in [-0.3, -0.25) is 4.79 Å². The first-order chi connectivity index (χ1) is 10.3. The van der Waals surface area contributed by atoms with Gasteiger partial charge in [0.25, 0.3) is 5.91 Å². The Morgan fingerprint density at radius 3 is 2.27 bits per heavy atom. The number of carbonyl (C=O) groups is 1. The fourth-order valence-corrected chi connectivity index (χ4v) is 2.45. The van der Waals surface area contributed by atoms with Crippen LogP contribution in [0.4, 0.5) is 5.69 Å². The zero-order valence-electron chi connectivity index (χ0n) is 12.0. The van der Waals surface area contributed by atoms with E-state index in [1.807, 2.05) is 0 Å². The van der Waals surface area contributed by atoms with Gasteiger partial charge in [0.05, 0.1) is 12.0 Å². The van der Waals surface area contributed by atoms with Crippen molar-refractivity contribution in [2.45, 2.75) is 4.90 Å². The number of rotatable bonds is 4. The summed E-state index contributed by atoms with van der Waals surface area (Å²) in [4.78, 5) is 12.2. The number of phenolic OH excluding ortho intramolecular Hbond substituents is 1. The van der Waals surface area contributed by atoms with Gasteiger partial charge in [0, 0.05) is 23.6 Å². The maximum Gasteiger partial charge on any atom is 0.255 e. The Hall–Kier alpha value is -2.54. The van der Waals surface area contributed by atoms with E-state index in [1.165, 1.54) is 43.5 Å². The Balaban J connectivity index is 2.17. The molecule has 0 saturated carbocycles. The van der Waals surface area contributed by atoms with Crippen molar-refractivity contribution in [3.8, 4) is 11.5 Å². The molecule has 2 aromatic rings. The van der Waals surface area contributed by atoms with Crippen LogP contribution in [0.25, 0.3) is 0 Å². The van der Waals surface area contributed by atoms with Gasteiger partial charge in [0.2, 0.25) is 0 Å². The lowest BCUT2D eigenvalue weighted by Gasteiger charge is -2.08. The van der Waals surface area contributed by atoms with Gasteiger partial charge in [0.1, 0.15) is 0 Å². The van der Waals surface area contributed by atoms with E-state index in [4.69, 9.17) is 4.74 Å². The quantitative estimate of drug-likeness (QED) is 0.899. The number of methoxy groups -OCH3 is 1. The van der Waals surface area contributed by atoms with E-state index in [0.29, 0.717) is 17.0 Å². The van der Waals surface area contributed by atoms with E-state index < -0.39 is 15.7 Å². The van der Waals surface area contributed by atoms with Crippen molar-refractivity contribution in [3.05, 3.63) is 48.0 Å². The Labute approximate surface area is 128 Å². The van der Waals surface area contributed by atoms with Gasteiger partial charge >= 0.3 is 0 Å². The molecule has 7 heteroatoms. The number of aromatic hydroxyl groups is 1. The van der Waals surface area contributed by atoms with E-state index >= 15 is 0 Å². The molecule has 0 heterocycles. The van der Waals surface area contributed by atoms with Gasteiger partial charge < -0.3 is 15.2 Å². The summed E-state index contributed by atoms with van der Waals surface area (Å²) >= 11 is 0. The molecule has 0 aliphatic carbocycles. The van der Waals surface area contributed by atoms with Gasteiger partial charge in [-0.1, -0.05) is 0 Å². The summed E-state index contributed by atoms with van der Waals surface area (Å²) in [5, 5.41) is 12.3. The molecule has 0 spiro atoms. The second kappa shape index (κ2) is 6.07. The minimum atomic E-state index is -3.30. The van der Waals surface area contributed by atoms with Crippen LogP contribution in [0, 0.1) is 0 Å². The molecule has 0 aromatic heterocycles. The topological polar surface area (TPSA) is 92.7 Å². The highest BCUT2D eigenvalue weighted by Crippen LogP contribution is 2.28. The molecule has 0 atom stereocenters. The number of anilines is 1. The number of ether oxygens (including phenoxy) is 1. The monoisotopic (exact) mass is 321 g/mol. The molecule has 6 nitrogen and oxygen atoms in total. The molecule has 2 rings (SSSR count). The van der Waals surface area contributed by atoms with Gasteiger partial charge in [-0.05, 0) is 36.4 Å². The second-order valence-corrected chi connectivity index (χ2v) is 6.65. The van der Waals surface area contributed by atoms with Gasteiger partial charge in [-0.25, -0.2) is 8.42 Å². The number of nitrogens with one attached hydrogen (secondary N) is 1.